The van der Waals surface area contributed by atoms with Crippen LogP contribution < -0.4 is 25.6 Å². The number of hydrogen-bond acceptors (Lipinski definition) is 8. The number of nitrogens with zero attached hydrogens (tertiary/aromatic N) is 2. The lowest BCUT2D eigenvalue weighted by Crippen LogP contribution is -2.38. The Kier molecular flexibility index (Phi) is 8.31. The van der Waals surface area contributed by atoms with Crippen LogP contribution in [-0.4, -0.2) is 40.3 Å². The number of imidazole rings is 1. The van der Waals surface area contributed by atoms with Gasteiger partial charge in [0.15, 0.2) is 11.5 Å². The van der Waals surface area contributed by atoms with Crippen LogP contribution in [0.25, 0.3) is 21.5 Å². The summed E-state index contributed by atoms with van der Waals surface area (Å²) in [6, 6.07) is 21.3. The largest absolute Gasteiger partial charge is 0.444 e. The smallest absolute Gasteiger partial charge is 0.278 e. The quantitative estimate of drug-likeness (QED) is 0.150. The zero-order valence-corrected chi connectivity index (χ0v) is 30.0. The van der Waals surface area contributed by atoms with E-state index in [9.17, 15) is 9.18 Å². The number of hydrazine groups is 1. The van der Waals surface area contributed by atoms with Gasteiger partial charge in [-0.15, -0.1) is 11.3 Å². The van der Waals surface area contributed by atoms with Gasteiger partial charge in [-0.1, -0.05) is 17.7 Å². The molecule has 1 amide bonds. The van der Waals surface area contributed by atoms with Crippen molar-refractivity contribution in [1.29, 1.82) is 0 Å². The van der Waals surface area contributed by atoms with Crippen molar-refractivity contribution in [3.63, 3.8) is 0 Å². The summed E-state index contributed by atoms with van der Waals surface area (Å²) in [4.78, 5) is 20.7. The van der Waals surface area contributed by atoms with Crippen LogP contribution in [0, 0.1) is 17.7 Å². The first-order valence-electron chi connectivity index (χ1n) is 17.7. The maximum absolute atomic E-state index is 14.9. The topological polar surface area (TPSA) is 98.7 Å². The minimum Gasteiger partial charge on any atom is -0.444 e. The molecule has 5 unspecified atom stereocenters. The van der Waals surface area contributed by atoms with Crippen LogP contribution >= 0.6 is 22.9 Å². The van der Waals surface area contributed by atoms with Gasteiger partial charge in [0, 0.05) is 64.0 Å². The van der Waals surface area contributed by atoms with Gasteiger partial charge in [-0.3, -0.25) is 15.6 Å². The fraction of sp³-hybridized carbons (Fsp3) is 0.385. The van der Waals surface area contributed by atoms with Gasteiger partial charge in [-0.25, -0.2) is 9.37 Å². The molecule has 51 heavy (non-hydrogen) atoms. The molecule has 4 aliphatic rings. The van der Waals surface area contributed by atoms with Crippen LogP contribution in [0.3, 0.4) is 0 Å². The molecule has 6 atom stereocenters. The van der Waals surface area contributed by atoms with E-state index in [1.807, 2.05) is 30.3 Å². The molecule has 1 saturated carbocycles. The van der Waals surface area contributed by atoms with Gasteiger partial charge in [0.05, 0.1) is 29.2 Å². The van der Waals surface area contributed by atoms with Gasteiger partial charge in [0.25, 0.3) is 5.79 Å². The van der Waals surface area contributed by atoms with Gasteiger partial charge < -0.3 is 24.1 Å². The summed E-state index contributed by atoms with van der Waals surface area (Å²) in [6.07, 6.45) is 4.55. The highest BCUT2D eigenvalue weighted by Crippen LogP contribution is 2.50. The Morgan fingerprint density at radius 1 is 1.10 bits per heavy atom. The second-order valence-corrected chi connectivity index (χ2v) is 15.9. The third-order valence-corrected chi connectivity index (χ3v) is 12.3. The molecule has 5 heterocycles. The SMILES string of the molecule is CC1NNC2CCC(C(=O)Nc3ccc4c(c3)nc(Cc3ccc(-c5cccc6c5OC(C)(c5ccc(Cl)cc5F)O6)s3)n4C[C@@H]3CCO3)CC12. The number of aromatic nitrogens is 2. The van der Waals surface area contributed by atoms with Crippen LogP contribution in [0.1, 0.15) is 55.8 Å². The third-order valence-electron chi connectivity index (χ3n) is 10.9. The summed E-state index contributed by atoms with van der Waals surface area (Å²) in [6.45, 7) is 5.40. The van der Waals surface area contributed by atoms with E-state index < -0.39 is 11.6 Å². The molecule has 12 heteroatoms. The highest BCUT2D eigenvalue weighted by molar-refractivity contribution is 7.15. The normalized spacial score (nSPS) is 26.6. The van der Waals surface area contributed by atoms with Crippen molar-refractivity contribution in [3.8, 4) is 21.9 Å². The number of anilines is 1. The third kappa shape index (κ3) is 6.08. The van der Waals surface area contributed by atoms with Crippen LogP contribution in [0.5, 0.6) is 11.5 Å². The number of ether oxygens (including phenoxy) is 3. The predicted octanol–water partition coefficient (Wildman–Crippen LogP) is 7.80. The van der Waals surface area contributed by atoms with E-state index in [0.717, 1.165) is 76.7 Å². The van der Waals surface area contributed by atoms with Crippen LogP contribution in [0.2, 0.25) is 5.02 Å². The average Bonchev–Trinajstić information content (AvgIpc) is 3.87. The maximum Gasteiger partial charge on any atom is 0.278 e. The molecule has 3 fully saturated rings. The van der Waals surface area contributed by atoms with Gasteiger partial charge in [-0.05, 0) is 99.2 Å². The summed E-state index contributed by atoms with van der Waals surface area (Å²) >= 11 is 7.67. The Bertz CT molecular complexity index is 2150. The summed E-state index contributed by atoms with van der Waals surface area (Å²) < 4.78 is 35.6. The molecule has 9 nitrogen and oxygen atoms in total. The van der Waals surface area contributed by atoms with E-state index in [1.54, 1.807) is 30.4 Å². The van der Waals surface area contributed by atoms with Gasteiger partial charge in [-0.2, -0.15) is 0 Å². The first-order chi connectivity index (χ1) is 24.7. The Balaban J connectivity index is 0.958. The van der Waals surface area contributed by atoms with Crippen molar-refractivity contribution >= 4 is 45.6 Å². The standard InChI is InChI=1S/C39H39ClFN5O4S/c1-21-28-16-22(6-11-31(28)45-44-21)38(47)42-24-8-12-33-32(18-24)43-36(46(33)20-25-14-15-48-25)19-26-9-13-35(51-26)27-4-3-5-34-37(27)50-39(2,49-34)29-10-7-23(40)17-30(29)41/h3-5,7-10,12-13,17-18,21-22,25,28,31,44-45H,6,11,14-16,19-20H2,1-2H3,(H,42,47)/t21?,22?,25-,28?,31?,39?/m0/s1. The molecular formula is C39H39ClFN5O4S. The maximum atomic E-state index is 14.9. The molecule has 3 N–H and O–H groups in total. The number of thiophene rings is 1. The van der Waals surface area contributed by atoms with Crippen molar-refractivity contribution < 1.29 is 23.4 Å². The number of nitrogens with one attached hydrogen (secondary N) is 3. The van der Waals surface area contributed by atoms with Crippen LogP contribution in [0.15, 0.2) is 66.7 Å². The monoisotopic (exact) mass is 727 g/mol. The zero-order valence-electron chi connectivity index (χ0n) is 28.4. The minimum atomic E-state index is -1.33. The van der Waals surface area contributed by atoms with E-state index in [4.69, 9.17) is 30.8 Å². The Morgan fingerprint density at radius 2 is 1.98 bits per heavy atom. The fourth-order valence-corrected chi connectivity index (χ4v) is 9.24. The van der Waals surface area contributed by atoms with E-state index >= 15 is 0 Å². The molecule has 3 aromatic carbocycles. The van der Waals surface area contributed by atoms with Gasteiger partial charge >= 0.3 is 0 Å². The lowest BCUT2D eigenvalue weighted by Gasteiger charge is -2.31. The summed E-state index contributed by atoms with van der Waals surface area (Å²) in [7, 11) is 0. The van der Waals surface area contributed by atoms with E-state index in [1.165, 1.54) is 6.07 Å². The molecular weight excluding hydrogens is 689 g/mol. The van der Waals surface area contributed by atoms with Crippen LogP contribution in [0.4, 0.5) is 10.1 Å². The highest BCUT2D eigenvalue weighted by atomic mass is 35.5. The number of hydrogen-bond donors (Lipinski definition) is 3. The zero-order chi connectivity index (χ0) is 34.9. The lowest BCUT2D eigenvalue weighted by molar-refractivity contribution is -0.121. The first-order valence-corrected chi connectivity index (χ1v) is 18.9. The average molecular weight is 728 g/mol. The summed E-state index contributed by atoms with van der Waals surface area (Å²) in [5.41, 5.74) is 10.5. The number of rotatable bonds is 8. The first kappa shape index (κ1) is 32.9. The molecule has 1 aliphatic carbocycles. The molecule has 2 saturated heterocycles. The number of halogens is 2. The lowest BCUT2D eigenvalue weighted by atomic mass is 9.76. The fourth-order valence-electron chi connectivity index (χ4n) is 8.06. The number of carbonyl (C=O) groups excluding carboxylic acids is 1. The van der Waals surface area contributed by atoms with Crippen molar-refractivity contribution in [2.45, 2.75) is 76.5 Å². The number of benzene rings is 3. The molecule has 0 bridgehead atoms. The minimum absolute atomic E-state index is 0.00170. The second-order valence-electron chi connectivity index (χ2n) is 14.3. The number of para-hydroxylation sites is 1. The van der Waals surface area contributed by atoms with E-state index in [2.05, 4.69) is 45.9 Å². The van der Waals surface area contributed by atoms with Gasteiger partial charge in [0.2, 0.25) is 5.91 Å². The molecule has 264 valence electrons. The highest BCUT2D eigenvalue weighted by Gasteiger charge is 2.43. The number of amides is 1. The Morgan fingerprint density at radius 3 is 2.80 bits per heavy atom. The van der Waals surface area contributed by atoms with Crippen molar-refractivity contribution in [1.82, 2.24) is 20.4 Å². The van der Waals surface area contributed by atoms with E-state index in [0.29, 0.717) is 40.9 Å². The van der Waals surface area contributed by atoms with Crippen molar-refractivity contribution in [2.24, 2.45) is 11.8 Å². The molecule has 5 aromatic rings. The molecule has 3 aliphatic heterocycles. The Labute approximate surface area is 304 Å². The molecule has 0 spiro atoms. The predicted molar refractivity (Wildman–Crippen MR) is 196 cm³/mol. The van der Waals surface area contributed by atoms with E-state index in [-0.39, 0.29) is 23.5 Å². The molecule has 9 rings (SSSR count). The van der Waals surface area contributed by atoms with Crippen molar-refractivity contribution in [3.05, 3.63) is 93.8 Å². The second kappa shape index (κ2) is 12.9. The van der Waals surface area contributed by atoms with Gasteiger partial charge in [0.1, 0.15) is 11.6 Å². The molecule has 0 radical (unpaired) electrons. The number of carbonyl (C=O) groups is 1. The Hall–Kier alpha value is -4.00. The van der Waals surface area contributed by atoms with Crippen molar-refractivity contribution in [2.75, 3.05) is 11.9 Å². The number of fused-ring (bicyclic) bond motifs is 3. The summed E-state index contributed by atoms with van der Waals surface area (Å²) in [5, 5.41) is 3.51. The van der Waals surface area contributed by atoms with Crippen LogP contribution in [-0.2, 0) is 28.3 Å². The molecule has 2 aromatic heterocycles. The summed E-state index contributed by atoms with van der Waals surface area (Å²) in [5.74, 6) is 0.797.